The van der Waals surface area contributed by atoms with E-state index in [2.05, 4.69) is 0 Å². The summed E-state index contributed by atoms with van der Waals surface area (Å²) in [4.78, 5) is 87.3. The Balaban J connectivity index is 3.28. The number of hydrogen-bond donors (Lipinski definition) is 1. The second-order valence-corrected chi connectivity index (χ2v) is 7.84. The molecule has 0 aromatic heterocycles. The molecule has 0 amide bonds. The molecular formula is C18H24N4O18. The molecule has 0 aromatic carbocycles. The zero-order chi connectivity index (χ0) is 30.4. The monoisotopic (exact) mass is 584 g/mol. The topological polar surface area (TPSA) is 307 Å². The number of esters is 4. The van der Waals surface area contributed by atoms with E-state index in [1.54, 1.807) is 0 Å². The molecule has 5 atom stereocenters. The standard InChI is InChI=1S/C18H24N4O18/c23-11(1-5-19(28)29)36-9-10-15(38-12(24)2-6-20(30)31)16(39-13(25)3-7-21(32)33)17(18(27)37-10)40-14(26)4-8-22(34)35/h10,15-18,27H,1-9H2/t10-,15+,16+,17-,18+/m0/s1. The average Bonchev–Trinajstić information content (AvgIpc) is 2.86. The molecule has 22 nitrogen and oxygen atoms in total. The van der Waals surface area contributed by atoms with Crippen LogP contribution in [0.15, 0.2) is 0 Å². The molecule has 1 aliphatic rings. The van der Waals surface area contributed by atoms with E-state index in [1.807, 2.05) is 0 Å². The summed E-state index contributed by atoms with van der Waals surface area (Å²) in [7, 11) is 0. The quantitative estimate of drug-likeness (QED) is 0.0809. The maximum atomic E-state index is 12.3. The van der Waals surface area contributed by atoms with Gasteiger partial charge in [0.05, 0.1) is 0 Å². The molecule has 0 aromatic rings. The average molecular weight is 584 g/mol. The van der Waals surface area contributed by atoms with Gasteiger partial charge in [0.2, 0.25) is 26.2 Å². The minimum Gasteiger partial charge on any atom is -0.463 e. The van der Waals surface area contributed by atoms with E-state index < -0.39 is 133 Å². The molecule has 0 radical (unpaired) electrons. The fourth-order valence-corrected chi connectivity index (χ4v) is 3.04. The molecule has 1 fully saturated rings. The van der Waals surface area contributed by atoms with Gasteiger partial charge in [-0.1, -0.05) is 0 Å². The largest absolute Gasteiger partial charge is 0.463 e. The fourth-order valence-electron chi connectivity index (χ4n) is 3.04. The van der Waals surface area contributed by atoms with Gasteiger partial charge < -0.3 is 28.8 Å². The smallest absolute Gasteiger partial charge is 0.313 e. The van der Waals surface area contributed by atoms with E-state index in [0.29, 0.717) is 0 Å². The Morgan fingerprint density at radius 3 is 1.35 bits per heavy atom. The first-order valence-corrected chi connectivity index (χ1v) is 11.2. The van der Waals surface area contributed by atoms with Crippen molar-refractivity contribution in [3.05, 3.63) is 40.5 Å². The predicted molar refractivity (Wildman–Crippen MR) is 117 cm³/mol. The summed E-state index contributed by atoms with van der Waals surface area (Å²) in [6, 6.07) is 0. The Kier molecular flexibility index (Phi) is 13.7. The molecular weight excluding hydrogens is 560 g/mol. The summed E-state index contributed by atoms with van der Waals surface area (Å²) in [5.41, 5.74) is 0. The lowest BCUT2D eigenvalue weighted by Crippen LogP contribution is -2.62. The zero-order valence-corrected chi connectivity index (χ0v) is 20.4. The Morgan fingerprint density at radius 2 is 0.950 bits per heavy atom. The van der Waals surface area contributed by atoms with Gasteiger partial charge in [0.15, 0.2) is 24.6 Å². The lowest BCUT2D eigenvalue weighted by Gasteiger charge is -2.42. The Hall–Kier alpha value is -4.60. The van der Waals surface area contributed by atoms with Gasteiger partial charge in [-0.15, -0.1) is 0 Å². The van der Waals surface area contributed by atoms with Crippen LogP contribution in [0.5, 0.6) is 0 Å². The van der Waals surface area contributed by atoms with Gasteiger partial charge in [-0.05, 0) is 0 Å². The van der Waals surface area contributed by atoms with E-state index in [-0.39, 0.29) is 0 Å². The Morgan fingerprint density at radius 1 is 0.600 bits per heavy atom. The first kappa shape index (κ1) is 33.4. The lowest BCUT2D eigenvalue weighted by atomic mass is 9.98. The number of aliphatic hydroxyl groups is 1. The zero-order valence-electron chi connectivity index (χ0n) is 20.4. The van der Waals surface area contributed by atoms with Gasteiger partial charge in [-0.3, -0.25) is 59.6 Å². The molecule has 0 unspecified atom stereocenters. The van der Waals surface area contributed by atoms with Crippen LogP contribution < -0.4 is 0 Å². The van der Waals surface area contributed by atoms with Crippen molar-refractivity contribution in [3.63, 3.8) is 0 Å². The van der Waals surface area contributed by atoms with Crippen LogP contribution >= 0.6 is 0 Å². The minimum absolute atomic E-state index is 0.703. The number of carbonyl (C=O) groups excluding carboxylic acids is 4. The summed E-state index contributed by atoms with van der Waals surface area (Å²) < 4.78 is 25.1. The molecule has 1 aliphatic heterocycles. The fraction of sp³-hybridized carbons (Fsp3) is 0.778. The molecule has 1 saturated heterocycles. The van der Waals surface area contributed by atoms with Crippen LogP contribution in [0.25, 0.3) is 0 Å². The summed E-state index contributed by atoms with van der Waals surface area (Å²) >= 11 is 0. The van der Waals surface area contributed by atoms with Crippen LogP contribution in [0.2, 0.25) is 0 Å². The number of ether oxygens (including phenoxy) is 5. The van der Waals surface area contributed by atoms with Crippen molar-refractivity contribution < 1.29 is 67.7 Å². The van der Waals surface area contributed by atoms with E-state index in [1.165, 1.54) is 0 Å². The van der Waals surface area contributed by atoms with Crippen molar-refractivity contribution in [2.75, 3.05) is 32.8 Å². The summed E-state index contributed by atoms with van der Waals surface area (Å²) in [5, 5.41) is 52.7. The molecule has 1 N–H and O–H groups in total. The highest BCUT2D eigenvalue weighted by Gasteiger charge is 2.52. The maximum Gasteiger partial charge on any atom is 0.313 e. The molecule has 0 spiro atoms. The summed E-state index contributed by atoms with van der Waals surface area (Å²) in [6.07, 6.45) is -13.2. The van der Waals surface area contributed by atoms with E-state index in [9.17, 15) is 64.7 Å². The normalized spacial score (nSPS) is 21.9. The van der Waals surface area contributed by atoms with Crippen LogP contribution in [0.1, 0.15) is 25.7 Å². The molecule has 0 bridgehead atoms. The lowest BCUT2D eigenvalue weighted by molar-refractivity contribution is -0.479. The van der Waals surface area contributed by atoms with Crippen LogP contribution in [-0.2, 0) is 42.9 Å². The first-order chi connectivity index (χ1) is 18.7. The van der Waals surface area contributed by atoms with Crippen LogP contribution in [0.3, 0.4) is 0 Å². The van der Waals surface area contributed by atoms with Gasteiger partial charge >= 0.3 is 23.9 Å². The highest BCUT2D eigenvalue weighted by Crippen LogP contribution is 2.29. The third-order valence-electron chi connectivity index (χ3n) is 4.81. The third kappa shape index (κ3) is 12.8. The van der Waals surface area contributed by atoms with Crippen LogP contribution in [0.4, 0.5) is 0 Å². The third-order valence-corrected chi connectivity index (χ3v) is 4.81. The van der Waals surface area contributed by atoms with Gasteiger partial charge in [-0.2, -0.15) is 0 Å². The van der Waals surface area contributed by atoms with Gasteiger partial charge in [-0.25, -0.2) is 0 Å². The second kappa shape index (κ2) is 16.4. The van der Waals surface area contributed by atoms with Crippen LogP contribution in [-0.4, -0.2) is 112 Å². The maximum absolute atomic E-state index is 12.3. The molecule has 0 aliphatic carbocycles. The number of nitro groups is 4. The van der Waals surface area contributed by atoms with Crippen LogP contribution in [0, 0.1) is 40.5 Å². The SMILES string of the molecule is O=C(CC[N+](=O)[O-])OC[C@@H]1O[C@@H](O)[C@@H](OC(=O)CC[N+](=O)[O-])[C@H](OC(=O)CC[N+](=O)[O-])[C@@H]1OC(=O)CC[N+](=O)[O-]. The Labute approximate surface area is 222 Å². The predicted octanol–water partition coefficient (Wildman–Crippen LogP) is -2.35. The minimum atomic E-state index is -2.22. The van der Waals surface area contributed by atoms with Crippen molar-refractivity contribution in [3.8, 4) is 0 Å². The van der Waals surface area contributed by atoms with Crippen molar-refractivity contribution in [2.45, 2.75) is 56.4 Å². The highest BCUT2D eigenvalue weighted by atomic mass is 16.7. The van der Waals surface area contributed by atoms with Crippen molar-refractivity contribution in [1.29, 1.82) is 0 Å². The number of hydrogen-bond acceptors (Lipinski definition) is 18. The van der Waals surface area contributed by atoms with Crippen molar-refractivity contribution >= 4 is 23.9 Å². The van der Waals surface area contributed by atoms with E-state index >= 15 is 0 Å². The van der Waals surface area contributed by atoms with Crippen molar-refractivity contribution in [2.24, 2.45) is 0 Å². The molecule has 40 heavy (non-hydrogen) atoms. The summed E-state index contributed by atoms with van der Waals surface area (Å²) in [6.45, 7) is -4.46. The summed E-state index contributed by atoms with van der Waals surface area (Å²) in [5.74, 6) is -5.06. The molecule has 22 heteroatoms. The van der Waals surface area contributed by atoms with E-state index in [0.717, 1.165) is 0 Å². The number of aliphatic hydroxyl groups excluding tert-OH is 1. The first-order valence-electron chi connectivity index (χ1n) is 11.2. The van der Waals surface area contributed by atoms with Gasteiger partial charge in [0, 0.05) is 19.7 Å². The number of rotatable bonds is 17. The number of carbonyl (C=O) groups is 4. The molecule has 0 saturated carbocycles. The Bertz CT molecular complexity index is 988. The van der Waals surface area contributed by atoms with Gasteiger partial charge in [0.1, 0.15) is 38.4 Å². The van der Waals surface area contributed by atoms with Gasteiger partial charge in [0.25, 0.3) is 0 Å². The molecule has 224 valence electrons. The highest BCUT2D eigenvalue weighted by molar-refractivity contribution is 5.72. The molecule has 1 rings (SSSR count). The number of nitrogens with zero attached hydrogens (tertiary/aromatic N) is 4. The molecule has 1 heterocycles. The van der Waals surface area contributed by atoms with E-state index in [4.69, 9.17) is 23.7 Å². The second-order valence-electron chi connectivity index (χ2n) is 7.84. The van der Waals surface area contributed by atoms with Crippen molar-refractivity contribution in [1.82, 2.24) is 0 Å².